The Hall–Kier alpha value is -1.09. The normalized spacial score (nSPS) is 9.80. The first kappa shape index (κ1) is 12.0. The smallest absolute Gasteiger partial charge is 0.154 e. The molecule has 0 N–H and O–H groups in total. The van der Waals surface area contributed by atoms with E-state index < -0.39 is 0 Å². The fourth-order valence-electron chi connectivity index (χ4n) is 1.37. The first-order valence-corrected chi connectivity index (χ1v) is 5.36. The number of aldehydes is 1. The molecular formula is C12H13BrO2. The number of carbonyl (C=O) groups excluding carboxylic acids is 1. The Bertz CT molecular complexity index is 397. The molecule has 0 aliphatic heterocycles. The highest BCUT2D eigenvalue weighted by Gasteiger charge is 2.07. The molecule has 1 rings (SSSR count). The fraction of sp³-hybridized carbons (Fsp3) is 0.250. The molecule has 15 heavy (non-hydrogen) atoms. The Morgan fingerprint density at radius 1 is 1.53 bits per heavy atom. The molecule has 0 radical (unpaired) electrons. The molecule has 0 aliphatic rings. The Balaban J connectivity index is 3.03. The van der Waals surface area contributed by atoms with Crippen molar-refractivity contribution in [2.45, 2.75) is 13.8 Å². The van der Waals surface area contributed by atoms with Gasteiger partial charge in [0.05, 0.1) is 5.56 Å². The molecule has 0 unspecified atom stereocenters. The van der Waals surface area contributed by atoms with Crippen molar-refractivity contribution in [1.29, 1.82) is 0 Å². The molecule has 2 nitrogen and oxygen atoms in total. The van der Waals surface area contributed by atoms with Gasteiger partial charge in [0.25, 0.3) is 0 Å². The lowest BCUT2D eigenvalue weighted by molar-refractivity contribution is 0.111. The van der Waals surface area contributed by atoms with Gasteiger partial charge >= 0.3 is 0 Å². The van der Waals surface area contributed by atoms with Crippen molar-refractivity contribution in [3.05, 3.63) is 39.9 Å². The largest absolute Gasteiger partial charge is 0.488 e. The van der Waals surface area contributed by atoms with E-state index in [1.54, 1.807) is 0 Å². The van der Waals surface area contributed by atoms with Gasteiger partial charge in [0, 0.05) is 4.48 Å². The zero-order valence-electron chi connectivity index (χ0n) is 8.84. The van der Waals surface area contributed by atoms with Gasteiger partial charge in [-0.25, -0.2) is 0 Å². The molecule has 0 atom stereocenters. The number of rotatable bonds is 4. The molecule has 0 aromatic heterocycles. The average Bonchev–Trinajstić information content (AvgIpc) is 2.13. The van der Waals surface area contributed by atoms with Crippen molar-refractivity contribution < 1.29 is 9.53 Å². The average molecular weight is 269 g/mol. The molecule has 0 bridgehead atoms. The van der Waals surface area contributed by atoms with Gasteiger partial charge in [-0.2, -0.15) is 0 Å². The predicted octanol–water partition coefficient (Wildman–Crippen LogP) is 3.40. The minimum Gasteiger partial charge on any atom is -0.488 e. The number of aryl methyl sites for hydroxylation is 2. The second-order valence-corrected chi connectivity index (χ2v) is 4.54. The molecular weight excluding hydrogens is 256 g/mol. The van der Waals surface area contributed by atoms with E-state index in [1.165, 1.54) is 0 Å². The number of halogens is 1. The number of ether oxygens (including phenoxy) is 1. The highest BCUT2D eigenvalue weighted by molar-refractivity contribution is 9.11. The van der Waals surface area contributed by atoms with Crippen LogP contribution in [-0.2, 0) is 0 Å². The molecule has 0 heterocycles. The van der Waals surface area contributed by atoms with Crippen LogP contribution in [0.5, 0.6) is 5.75 Å². The summed E-state index contributed by atoms with van der Waals surface area (Å²) in [6.45, 7) is 7.90. The second kappa shape index (κ2) is 5.12. The minimum atomic E-state index is 0.365. The van der Waals surface area contributed by atoms with Crippen molar-refractivity contribution in [3.8, 4) is 5.75 Å². The molecule has 80 valence electrons. The maximum absolute atomic E-state index is 10.9. The van der Waals surface area contributed by atoms with Crippen LogP contribution in [0.3, 0.4) is 0 Å². The van der Waals surface area contributed by atoms with Crippen molar-refractivity contribution in [3.63, 3.8) is 0 Å². The van der Waals surface area contributed by atoms with Crippen molar-refractivity contribution in [1.82, 2.24) is 0 Å². The molecule has 1 aromatic carbocycles. The summed E-state index contributed by atoms with van der Waals surface area (Å²) < 4.78 is 6.22. The predicted molar refractivity (Wildman–Crippen MR) is 64.9 cm³/mol. The van der Waals surface area contributed by atoms with Crippen molar-refractivity contribution in [2.75, 3.05) is 6.61 Å². The maximum atomic E-state index is 10.9. The summed E-state index contributed by atoms with van der Waals surface area (Å²) in [5, 5.41) is 0. The number of hydrogen-bond donors (Lipinski definition) is 0. The Morgan fingerprint density at radius 2 is 2.20 bits per heavy atom. The highest BCUT2D eigenvalue weighted by atomic mass is 79.9. The monoisotopic (exact) mass is 268 g/mol. The minimum absolute atomic E-state index is 0.365. The Labute approximate surface area is 98.1 Å². The topological polar surface area (TPSA) is 26.3 Å². The third-order valence-electron chi connectivity index (χ3n) is 2.00. The molecule has 0 fully saturated rings. The van der Waals surface area contributed by atoms with Gasteiger partial charge in [0.1, 0.15) is 12.4 Å². The first-order valence-electron chi connectivity index (χ1n) is 4.57. The maximum Gasteiger partial charge on any atom is 0.154 e. The number of benzene rings is 1. The lowest BCUT2D eigenvalue weighted by Gasteiger charge is -2.10. The van der Waals surface area contributed by atoms with E-state index >= 15 is 0 Å². The summed E-state index contributed by atoms with van der Waals surface area (Å²) in [5.74, 6) is 0.614. The SMILES string of the molecule is C=C(Br)COc1cc(C)cc(C)c1C=O. The highest BCUT2D eigenvalue weighted by Crippen LogP contribution is 2.23. The van der Waals surface area contributed by atoms with Crippen LogP contribution < -0.4 is 4.74 Å². The van der Waals surface area contributed by atoms with Crippen LogP contribution in [0.4, 0.5) is 0 Å². The van der Waals surface area contributed by atoms with E-state index in [0.29, 0.717) is 17.9 Å². The quantitative estimate of drug-likeness (QED) is 0.783. The summed E-state index contributed by atoms with van der Waals surface area (Å²) in [6.07, 6.45) is 0.821. The fourth-order valence-corrected chi connectivity index (χ4v) is 1.48. The van der Waals surface area contributed by atoms with Gasteiger partial charge < -0.3 is 4.74 Å². The van der Waals surface area contributed by atoms with Crippen molar-refractivity contribution >= 4 is 22.2 Å². The summed E-state index contributed by atoms with van der Waals surface area (Å²) in [5.41, 5.74) is 2.61. The van der Waals surface area contributed by atoms with Gasteiger partial charge in [-0.1, -0.05) is 28.6 Å². The standard InChI is InChI=1S/C12H13BrO2/c1-8-4-9(2)11(6-14)12(5-8)15-7-10(3)13/h4-6H,3,7H2,1-2H3. The van der Waals surface area contributed by atoms with Crippen LogP contribution in [0.1, 0.15) is 21.5 Å². The van der Waals surface area contributed by atoms with Gasteiger partial charge in [-0.3, -0.25) is 4.79 Å². The molecule has 0 aliphatic carbocycles. The second-order valence-electron chi connectivity index (χ2n) is 3.42. The van der Waals surface area contributed by atoms with Crippen LogP contribution in [0, 0.1) is 13.8 Å². The van der Waals surface area contributed by atoms with E-state index in [9.17, 15) is 4.79 Å². The van der Waals surface area contributed by atoms with Crippen molar-refractivity contribution in [2.24, 2.45) is 0 Å². The van der Waals surface area contributed by atoms with Crippen LogP contribution in [0.15, 0.2) is 23.2 Å². The lowest BCUT2D eigenvalue weighted by Crippen LogP contribution is -2.01. The summed E-state index contributed by atoms with van der Waals surface area (Å²) in [4.78, 5) is 10.9. The van der Waals surface area contributed by atoms with Crippen LogP contribution in [0.2, 0.25) is 0 Å². The summed E-state index contributed by atoms with van der Waals surface area (Å²) in [7, 11) is 0. The molecule has 0 saturated heterocycles. The lowest BCUT2D eigenvalue weighted by atomic mass is 10.1. The molecule has 0 saturated carbocycles. The Morgan fingerprint density at radius 3 is 2.73 bits per heavy atom. The van der Waals surface area contributed by atoms with Gasteiger partial charge in [0.15, 0.2) is 6.29 Å². The number of carbonyl (C=O) groups is 1. The van der Waals surface area contributed by atoms with E-state index in [2.05, 4.69) is 22.5 Å². The van der Waals surface area contributed by atoms with E-state index in [1.807, 2.05) is 26.0 Å². The van der Waals surface area contributed by atoms with Gasteiger partial charge in [-0.15, -0.1) is 0 Å². The zero-order valence-corrected chi connectivity index (χ0v) is 10.4. The summed E-state index contributed by atoms with van der Waals surface area (Å²) in [6, 6.07) is 3.81. The van der Waals surface area contributed by atoms with Crippen LogP contribution >= 0.6 is 15.9 Å². The van der Waals surface area contributed by atoms with E-state index in [4.69, 9.17) is 4.74 Å². The van der Waals surface area contributed by atoms with E-state index in [0.717, 1.165) is 21.9 Å². The molecule has 0 spiro atoms. The summed E-state index contributed by atoms with van der Waals surface area (Å²) >= 11 is 3.21. The first-order chi connectivity index (χ1) is 7.04. The molecule has 0 amide bonds. The third kappa shape index (κ3) is 3.20. The van der Waals surface area contributed by atoms with Crippen LogP contribution in [-0.4, -0.2) is 12.9 Å². The third-order valence-corrected chi connectivity index (χ3v) is 2.22. The molecule has 1 aromatic rings. The van der Waals surface area contributed by atoms with E-state index in [-0.39, 0.29) is 0 Å². The number of hydrogen-bond acceptors (Lipinski definition) is 2. The molecule has 3 heteroatoms. The van der Waals surface area contributed by atoms with Gasteiger partial charge in [0.2, 0.25) is 0 Å². The Kier molecular flexibility index (Phi) is 4.09. The van der Waals surface area contributed by atoms with Crippen LogP contribution in [0.25, 0.3) is 0 Å². The van der Waals surface area contributed by atoms with Gasteiger partial charge in [-0.05, 0) is 31.0 Å². The zero-order chi connectivity index (χ0) is 11.4.